The minimum Gasteiger partial charge on any atom is -0.323 e. The number of hydrogen-bond donors (Lipinski definition) is 1. The first-order valence-electron chi connectivity index (χ1n) is 6.43. The lowest BCUT2D eigenvalue weighted by Crippen LogP contribution is -2.07. The third-order valence-electron chi connectivity index (χ3n) is 2.72. The molecule has 0 heterocycles. The lowest BCUT2D eigenvalue weighted by Gasteiger charge is -2.04. The molecule has 120 valence electrons. The lowest BCUT2D eigenvalue weighted by atomic mass is 10.2. The average Bonchev–Trinajstić information content (AvgIpc) is 2.50. The molecule has 0 bridgehead atoms. The molecule has 23 heavy (non-hydrogen) atoms. The molecule has 0 radical (unpaired) electrons. The van der Waals surface area contributed by atoms with Gasteiger partial charge in [0.2, 0.25) is 5.91 Å². The van der Waals surface area contributed by atoms with Crippen molar-refractivity contribution in [2.75, 3.05) is 5.32 Å². The number of amides is 1. The maximum Gasteiger partial charge on any atom is 0.288 e. The maximum atomic E-state index is 12.2. The molecule has 0 aromatic heterocycles. The molecule has 2 aromatic rings. The molecule has 7 heteroatoms. The normalized spacial score (nSPS) is 11.2. The van der Waals surface area contributed by atoms with Crippen LogP contribution in [0.3, 0.4) is 0 Å². The zero-order valence-electron chi connectivity index (χ0n) is 11.6. The van der Waals surface area contributed by atoms with E-state index in [1.165, 1.54) is 18.2 Å². The minimum absolute atomic E-state index is 0.342. The van der Waals surface area contributed by atoms with Crippen molar-refractivity contribution >= 4 is 52.6 Å². The Labute approximate surface area is 146 Å². The number of benzene rings is 2. The Hall–Kier alpha value is -1.56. The molecule has 0 saturated heterocycles. The summed E-state index contributed by atoms with van der Waals surface area (Å²) in [6, 6.07) is 11.2. The van der Waals surface area contributed by atoms with E-state index in [4.69, 9.17) is 23.2 Å². The van der Waals surface area contributed by atoms with E-state index in [0.717, 1.165) is 5.56 Å². The van der Waals surface area contributed by atoms with E-state index in [0.29, 0.717) is 32.4 Å². The van der Waals surface area contributed by atoms with Crippen molar-refractivity contribution < 1.29 is 13.6 Å². The van der Waals surface area contributed by atoms with Crippen LogP contribution in [0.2, 0.25) is 10.0 Å². The summed E-state index contributed by atoms with van der Waals surface area (Å²) >= 11 is 12.2. The van der Waals surface area contributed by atoms with E-state index in [2.05, 4.69) is 5.32 Å². The van der Waals surface area contributed by atoms with Crippen LogP contribution in [0.25, 0.3) is 6.08 Å². The summed E-state index contributed by atoms with van der Waals surface area (Å²) < 4.78 is 24.4. The summed E-state index contributed by atoms with van der Waals surface area (Å²) in [5.74, 6) is -2.81. The zero-order chi connectivity index (χ0) is 16.8. The molecule has 0 saturated carbocycles. The SMILES string of the molecule is O=C(/C=C/c1ccc(Cl)c(Cl)c1)Nc1ccc(SC(F)F)cc1. The molecule has 2 nitrogen and oxygen atoms in total. The predicted octanol–water partition coefficient (Wildman–Crippen LogP) is 5.96. The highest BCUT2D eigenvalue weighted by molar-refractivity contribution is 7.99. The van der Waals surface area contributed by atoms with Gasteiger partial charge in [-0.15, -0.1) is 0 Å². The number of nitrogens with one attached hydrogen (secondary N) is 1. The van der Waals surface area contributed by atoms with Crippen LogP contribution in [0.1, 0.15) is 5.56 Å². The predicted molar refractivity (Wildman–Crippen MR) is 92.4 cm³/mol. The third-order valence-corrected chi connectivity index (χ3v) is 4.18. The summed E-state index contributed by atoms with van der Waals surface area (Å²) in [5, 5.41) is 3.48. The first-order chi connectivity index (χ1) is 10.9. The van der Waals surface area contributed by atoms with Gasteiger partial charge in [-0.1, -0.05) is 41.0 Å². The van der Waals surface area contributed by atoms with Crippen LogP contribution < -0.4 is 5.32 Å². The van der Waals surface area contributed by atoms with Crippen molar-refractivity contribution in [3.8, 4) is 0 Å². The number of carbonyl (C=O) groups is 1. The number of alkyl halides is 2. The zero-order valence-corrected chi connectivity index (χ0v) is 13.9. The maximum absolute atomic E-state index is 12.2. The third kappa shape index (κ3) is 5.86. The van der Waals surface area contributed by atoms with Crippen LogP contribution in [0.4, 0.5) is 14.5 Å². The van der Waals surface area contributed by atoms with Crippen LogP contribution >= 0.6 is 35.0 Å². The van der Waals surface area contributed by atoms with Gasteiger partial charge in [0.15, 0.2) is 0 Å². The number of halogens is 4. The fourth-order valence-electron chi connectivity index (χ4n) is 1.69. The molecule has 0 aliphatic carbocycles. The Kier molecular flexibility index (Phi) is 6.45. The highest BCUT2D eigenvalue weighted by Crippen LogP contribution is 2.26. The van der Waals surface area contributed by atoms with E-state index >= 15 is 0 Å². The molecule has 1 amide bonds. The summed E-state index contributed by atoms with van der Waals surface area (Å²) in [7, 11) is 0. The van der Waals surface area contributed by atoms with Gasteiger partial charge in [0, 0.05) is 16.7 Å². The van der Waals surface area contributed by atoms with Gasteiger partial charge >= 0.3 is 0 Å². The van der Waals surface area contributed by atoms with E-state index in [1.807, 2.05) is 0 Å². The van der Waals surface area contributed by atoms with Crippen molar-refractivity contribution in [2.24, 2.45) is 0 Å². The van der Waals surface area contributed by atoms with Crippen LogP contribution in [0.5, 0.6) is 0 Å². The number of rotatable bonds is 5. The topological polar surface area (TPSA) is 29.1 Å². The largest absolute Gasteiger partial charge is 0.323 e. The Balaban J connectivity index is 1.96. The molecule has 0 aliphatic heterocycles. The summed E-state index contributed by atoms with van der Waals surface area (Å²) in [6.07, 6.45) is 2.94. The number of hydrogen-bond acceptors (Lipinski definition) is 2. The second-order valence-electron chi connectivity index (χ2n) is 4.40. The van der Waals surface area contributed by atoms with Gasteiger partial charge in [-0.05, 0) is 48.0 Å². The van der Waals surface area contributed by atoms with Crippen LogP contribution in [0.15, 0.2) is 53.4 Å². The van der Waals surface area contributed by atoms with Gasteiger partial charge in [-0.2, -0.15) is 8.78 Å². The molecule has 2 aromatic carbocycles. The smallest absolute Gasteiger partial charge is 0.288 e. The van der Waals surface area contributed by atoms with Gasteiger partial charge < -0.3 is 5.32 Å². The molecular formula is C16H11Cl2F2NOS. The van der Waals surface area contributed by atoms with Crippen LogP contribution in [-0.4, -0.2) is 11.7 Å². The highest BCUT2D eigenvalue weighted by Gasteiger charge is 2.05. The highest BCUT2D eigenvalue weighted by atomic mass is 35.5. The fraction of sp³-hybridized carbons (Fsp3) is 0.0625. The summed E-state index contributed by atoms with van der Waals surface area (Å²) in [5.41, 5.74) is 1.26. The standard InChI is InChI=1S/C16H11Cl2F2NOS/c17-13-7-1-10(9-14(13)18)2-8-15(22)21-11-3-5-12(6-4-11)23-16(19)20/h1-9,16H,(H,21,22)/b8-2+. The van der Waals surface area contributed by atoms with E-state index in [-0.39, 0.29) is 5.91 Å². The van der Waals surface area contributed by atoms with E-state index in [9.17, 15) is 13.6 Å². The second kappa shape index (κ2) is 8.34. The lowest BCUT2D eigenvalue weighted by molar-refractivity contribution is -0.111. The second-order valence-corrected chi connectivity index (χ2v) is 6.28. The number of thioether (sulfide) groups is 1. The van der Waals surface area contributed by atoms with Crippen molar-refractivity contribution in [2.45, 2.75) is 10.7 Å². The fourth-order valence-corrected chi connectivity index (χ4v) is 2.50. The summed E-state index contributed by atoms with van der Waals surface area (Å²) in [6.45, 7) is 0. The van der Waals surface area contributed by atoms with Gasteiger partial charge in [-0.25, -0.2) is 0 Å². The van der Waals surface area contributed by atoms with Crippen LogP contribution in [0, 0.1) is 0 Å². The molecular weight excluding hydrogens is 363 g/mol. The Bertz CT molecular complexity index is 721. The van der Waals surface area contributed by atoms with Crippen molar-refractivity contribution in [3.63, 3.8) is 0 Å². The molecule has 0 atom stereocenters. The molecule has 2 rings (SSSR count). The van der Waals surface area contributed by atoms with Crippen molar-refractivity contribution in [1.29, 1.82) is 0 Å². The Morgan fingerprint density at radius 2 is 1.78 bits per heavy atom. The quantitative estimate of drug-likeness (QED) is 0.517. The molecule has 1 N–H and O–H groups in total. The van der Waals surface area contributed by atoms with Crippen molar-refractivity contribution in [3.05, 3.63) is 64.1 Å². The summed E-state index contributed by atoms with van der Waals surface area (Å²) in [4.78, 5) is 12.3. The van der Waals surface area contributed by atoms with Crippen LogP contribution in [-0.2, 0) is 4.79 Å². The molecule has 0 aliphatic rings. The van der Waals surface area contributed by atoms with Crippen molar-refractivity contribution in [1.82, 2.24) is 0 Å². The Morgan fingerprint density at radius 3 is 2.39 bits per heavy atom. The first kappa shape index (κ1) is 17.8. The molecule has 0 fully saturated rings. The van der Waals surface area contributed by atoms with Gasteiger partial charge in [0.1, 0.15) is 0 Å². The Morgan fingerprint density at radius 1 is 1.09 bits per heavy atom. The average molecular weight is 374 g/mol. The first-order valence-corrected chi connectivity index (χ1v) is 8.06. The number of anilines is 1. The minimum atomic E-state index is -2.47. The van der Waals surface area contributed by atoms with Gasteiger partial charge in [0.05, 0.1) is 10.0 Å². The number of carbonyl (C=O) groups excluding carboxylic acids is 1. The molecule has 0 spiro atoms. The van der Waals surface area contributed by atoms with E-state index < -0.39 is 5.76 Å². The van der Waals surface area contributed by atoms with Gasteiger partial charge in [0.25, 0.3) is 5.76 Å². The van der Waals surface area contributed by atoms with Gasteiger partial charge in [-0.3, -0.25) is 4.79 Å². The monoisotopic (exact) mass is 373 g/mol. The van der Waals surface area contributed by atoms with E-state index in [1.54, 1.807) is 36.4 Å². The molecule has 0 unspecified atom stereocenters.